The van der Waals surface area contributed by atoms with Gasteiger partial charge in [0, 0.05) is 32.1 Å². The Kier molecular flexibility index (Phi) is 3.97. The Hall–Kier alpha value is -1.62. The number of rotatable bonds is 3. The van der Waals surface area contributed by atoms with Crippen molar-refractivity contribution in [2.75, 3.05) is 25.0 Å². The van der Waals surface area contributed by atoms with E-state index in [1.165, 1.54) is 11.1 Å². The summed E-state index contributed by atoms with van der Waals surface area (Å²) < 4.78 is 1.24. The predicted molar refractivity (Wildman–Crippen MR) is 95.0 cm³/mol. The highest BCUT2D eigenvalue weighted by Crippen LogP contribution is 2.32. The van der Waals surface area contributed by atoms with Gasteiger partial charge < -0.3 is 9.80 Å². The number of para-hydroxylation sites is 1. The van der Waals surface area contributed by atoms with Gasteiger partial charge in [-0.3, -0.25) is 4.79 Å². The van der Waals surface area contributed by atoms with E-state index in [1.807, 2.05) is 18.0 Å². The quantitative estimate of drug-likeness (QED) is 0.864. The number of anilines is 1. The molecule has 1 aliphatic heterocycles. The molecule has 1 amide bonds. The summed E-state index contributed by atoms with van der Waals surface area (Å²) in [7, 11) is 1.99. The van der Waals surface area contributed by atoms with Gasteiger partial charge >= 0.3 is 0 Å². The van der Waals surface area contributed by atoms with Crippen LogP contribution in [-0.2, 0) is 4.79 Å². The average molecular weight is 329 g/mol. The number of thiazole rings is 1. The highest BCUT2D eigenvalue weighted by molar-refractivity contribution is 7.22. The number of fused-ring (bicyclic) bond motifs is 1. The minimum atomic E-state index is 0.290. The Balaban J connectivity index is 1.48. The molecule has 4 nitrogen and oxygen atoms in total. The summed E-state index contributed by atoms with van der Waals surface area (Å²) in [4.78, 5) is 21.7. The van der Waals surface area contributed by atoms with Crippen molar-refractivity contribution >= 4 is 32.6 Å². The van der Waals surface area contributed by atoms with Crippen molar-refractivity contribution in [3.63, 3.8) is 0 Å². The van der Waals surface area contributed by atoms with Crippen molar-refractivity contribution < 1.29 is 4.79 Å². The van der Waals surface area contributed by atoms with Crippen LogP contribution in [0.5, 0.6) is 0 Å². The standard InChI is InChI=1S/C18H23N3OS/c1-20(17(22)13-6-4-7-13)14-8-5-11-21(12-14)18-19-15-9-2-3-10-16(15)23-18/h2-3,9-10,13-14H,4-8,11-12H2,1H3. The second kappa shape index (κ2) is 6.11. The minimum Gasteiger partial charge on any atom is -0.346 e. The van der Waals surface area contributed by atoms with Crippen LogP contribution in [0.1, 0.15) is 32.1 Å². The number of benzene rings is 1. The third kappa shape index (κ3) is 2.82. The number of hydrogen-bond acceptors (Lipinski definition) is 4. The molecule has 1 unspecified atom stereocenters. The summed E-state index contributed by atoms with van der Waals surface area (Å²) in [5.41, 5.74) is 1.08. The Bertz CT molecular complexity index is 676. The maximum Gasteiger partial charge on any atom is 0.225 e. The van der Waals surface area contributed by atoms with Crippen LogP contribution in [0, 0.1) is 5.92 Å². The second-order valence-electron chi connectivity index (χ2n) is 6.78. The molecule has 5 heteroatoms. The zero-order valence-electron chi connectivity index (χ0n) is 13.6. The van der Waals surface area contributed by atoms with Gasteiger partial charge in [-0.25, -0.2) is 4.98 Å². The van der Waals surface area contributed by atoms with E-state index < -0.39 is 0 Å². The smallest absolute Gasteiger partial charge is 0.225 e. The molecule has 0 N–H and O–H groups in total. The van der Waals surface area contributed by atoms with Gasteiger partial charge in [-0.2, -0.15) is 0 Å². The molecule has 2 aromatic rings. The van der Waals surface area contributed by atoms with Gasteiger partial charge in [0.2, 0.25) is 5.91 Å². The van der Waals surface area contributed by atoms with Crippen LogP contribution in [-0.4, -0.2) is 42.0 Å². The largest absolute Gasteiger partial charge is 0.346 e. The van der Waals surface area contributed by atoms with Crippen molar-refractivity contribution in [2.24, 2.45) is 5.92 Å². The Morgan fingerprint density at radius 2 is 2.09 bits per heavy atom. The number of carbonyl (C=O) groups is 1. The molecule has 1 saturated heterocycles. The lowest BCUT2D eigenvalue weighted by molar-refractivity contribution is -0.139. The lowest BCUT2D eigenvalue weighted by Crippen LogP contribution is -2.50. The number of hydrogen-bond donors (Lipinski definition) is 0. The zero-order valence-corrected chi connectivity index (χ0v) is 14.4. The number of carbonyl (C=O) groups excluding carboxylic acids is 1. The third-order valence-corrected chi connectivity index (χ3v) is 6.40. The number of nitrogens with zero attached hydrogens (tertiary/aromatic N) is 3. The maximum absolute atomic E-state index is 12.5. The second-order valence-corrected chi connectivity index (χ2v) is 7.79. The molecule has 0 spiro atoms. The highest BCUT2D eigenvalue weighted by Gasteiger charge is 2.33. The van der Waals surface area contributed by atoms with E-state index in [4.69, 9.17) is 4.98 Å². The summed E-state index contributed by atoms with van der Waals surface area (Å²) in [6.45, 7) is 1.95. The molecule has 1 aliphatic carbocycles. The van der Waals surface area contributed by atoms with Gasteiger partial charge in [-0.15, -0.1) is 0 Å². The van der Waals surface area contributed by atoms with Crippen LogP contribution in [0.4, 0.5) is 5.13 Å². The molecule has 1 aromatic heterocycles. The first-order valence-electron chi connectivity index (χ1n) is 8.59. The normalized spacial score (nSPS) is 22.1. The molecule has 0 radical (unpaired) electrons. The maximum atomic E-state index is 12.5. The fourth-order valence-electron chi connectivity index (χ4n) is 3.56. The molecule has 4 rings (SSSR count). The Labute approximate surface area is 141 Å². The first kappa shape index (κ1) is 14.9. The van der Waals surface area contributed by atoms with Gasteiger partial charge in [0.15, 0.2) is 5.13 Å². The van der Waals surface area contributed by atoms with E-state index in [1.54, 1.807) is 11.3 Å². The number of piperidine rings is 1. The lowest BCUT2D eigenvalue weighted by atomic mass is 9.84. The summed E-state index contributed by atoms with van der Waals surface area (Å²) >= 11 is 1.76. The van der Waals surface area contributed by atoms with Gasteiger partial charge in [0.05, 0.1) is 10.2 Å². The average Bonchev–Trinajstić information content (AvgIpc) is 2.96. The highest BCUT2D eigenvalue weighted by atomic mass is 32.1. The lowest BCUT2D eigenvalue weighted by Gasteiger charge is -2.40. The van der Waals surface area contributed by atoms with Crippen LogP contribution >= 0.6 is 11.3 Å². The molecule has 0 bridgehead atoms. The van der Waals surface area contributed by atoms with E-state index in [0.29, 0.717) is 11.9 Å². The SMILES string of the molecule is CN(C(=O)C1CCC1)C1CCCN(c2nc3ccccc3s2)C1. The Morgan fingerprint density at radius 3 is 2.83 bits per heavy atom. The van der Waals surface area contributed by atoms with Crippen LogP contribution in [0.3, 0.4) is 0 Å². The van der Waals surface area contributed by atoms with Gasteiger partial charge in [0.25, 0.3) is 0 Å². The van der Waals surface area contributed by atoms with Crippen molar-refractivity contribution in [3.8, 4) is 0 Å². The van der Waals surface area contributed by atoms with Crippen LogP contribution < -0.4 is 4.90 Å². The molecule has 2 fully saturated rings. The van der Waals surface area contributed by atoms with Crippen molar-refractivity contribution in [1.29, 1.82) is 0 Å². The van der Waals surface area contributed by atoms with Gasteiger partial charge in [0.1, 0.15) is 0 Å². The van der Waals surface area contributed by atoms with E-state index in [2.05, 4.69) is 23.1 Å². The zero-order chi connectivity index (χ0) is 15.8. The number of amides is 1. The fourth-order valence-corrected chi connectivity index (χ4v) is 4.56. The molecule has 1 atom stereocenters. The molecule has 1 aromatic carbocycles. The molecule has 2 heterocycles. The molecular weight excluding hydrogens is 306 g/mol. The fraction of sp³-hybridized carbons (Fsp3) is 0.556. The van der Waals surface area contributed by atoms with Crippen molar-refractivity contribution in [3.05, 3.63) is 24.3 Å². The summed E-state index contributed by atoms with van der Waals surface area (Å²) in [5, 5.41) is 1.10. The van der Waals surface area contributed by atoms with Gasteiger partial charge in [-0.1, -0.05) is 29.9 Å². The first-order chi connectivity index (χ1) is 11.2. The summed E-state index contributed by atoms with van der Waals surface area (Å²) in [6, 6.07) is 8.63. The molecule has 1 saturated carbocycles. The third-order valence-electron chi connectivity index (χ3n) is 5.30. The Morgan fingerprint density at radius 1 is 1.26 bits per heavy atom. The van der Waals surface area contributed by atoms with Crippen LogP contribution in [0.15, 0.2) is 24.3 Å². The van der Waals surface area contributed by atoms with Crippen LogP contribution in [0.2, 0.25) is 0 Å². The van der Waals surface area contributed by atoms with E-state index >= 15 is 0 Å². The summed E-state index contributed by atoms with van der Waals surface area (Å²) in [5.74, 6) is 0.644. The van der Waals surface area contributed by atoms with E-state index in [-0.39, 0.29) is 5.92 Å². The first-order valence-corrected chi connectivity index (χ1v) is 9.41. The van der Waals surface area contributed by atoms with Gasteiger partial charge in [-0.05, 0) is 37.8 Å². The van der Waals surface area contributed by atoms with E-state index in [0.717, 1.165) is 49.4 Å². The van der Waals surface area contributed by atoms with Crippen molar-refractivity contribution in [1.82, 2.24) is 9.88 Å². The van der Waals surface area contributed by atoms with E-state index in [9.17, 15) is 4.79 Å². The topological polar surface area (TPSA) is 36.4 Å². The van der Waals surface area contributed by atoms with Crippen LogP contribution in [0.25, 0.3) is 10.2 Å². The predicted octanol–water partition coefficient (Wildman–Crippen LogP) is 3.52. The molecule has 122 valence electrons. The van der Waals surface area contributed by atoms with Crippen molar-refractivity contribution in [2.45, 2.75) is 38.1 Å². The monoisotopic (exact) mass is 329 g/mol. The molecule has 2 aliphatic rings. The number of likely N-dealkylation sites (N-methyl/N-ethyl adjacent to an activating group) is 1. The summed E-state index contributed by atoms with van der Waals surface area (Å²) in [6.07, 6.45) is 5.61. The number of aromatic nitrogens is 1. The molecule has 23 heavy (non-hydrogen) atoms. The molecular formula is C18H23N3OS. The minimum absolute atomic E-state index is 0.290.